The standard InChI is InChI=1S/C26H47N4O8P.C10H8N2O2/c1-4-30(24-12-10-23(27)11-13-24)15-19-36-29-22(2)8-5-9-26(32)28-14-6-17-35-21-25(20-34-3)38-39(33)37-18-7-16-31;11-9-5-6-10(12(13)14)8-4-2-1-3-7(8)9/h10-13,25,31,33H,4-9,14-21,27H2,1-3H3,(H,28,32);1-6H,11H2. The number of aliphatic hydroxyl groups excluding tert-OH is 1. The van der Waals surface area contributed by atoms with Gasteiger partial charge in [-0.05, 0) is 75.9 Å². The summed E-state index contributed by atoms with van der Waals surface area (Å²) in [4.78, 5) is 39.8. The first-order valence-corrected chi connectivity index (χ1v) is 18.6. The molecule has 7 N–H and O–H groups in total. The van der Waals surface area contributed by atoms with Gasteiger partial charge in [-0.1, -0.05) is 23.4 Å². The van der Waals surface area contributed by atoms with Gasteiger partial charge in [0.2, 0.25) is 5.91 Å². The fraction of sp³-hybridized carbons (Fsp3) is 0.500. The van der Waals surface area contributed by atoms with Gasteiger partial charge in [-0.25, -0.2) is 0 Å². The summed E-state index contributed by atoms with van der Waals surface area (Å²) in [5.74, 6) is -0.0163. The number of carbonyl (C=O) groups is 1. The molecular formula is C36H55N6O10P. The third kappa shape index (κ3) is 18.4. The molecule has 0 radical (unpaired) electrons. The molecule has 3 rings (SSSR count). The molecule has 0 bridgehead atoms. The number of anilines is 3. The van der Waals surface area contributed by atoms with Gasteiger partial charge in [0.15, 0.2) is 0 Å². The molecule has 16 nitrogen and oxygen atoms in total. The summed E-state index contributed by atoms with van der Waals surface area (Å²) < 4.78 is 21.1. The molecule has 2 unspecified atom stereocenters. The number of nitrogens with zero attached hydrogens (tertiary/aromatic N) is 3. The molecule has 0 aliphatic rings. The lowest BCUT2D eigenvalue weighted by Gasteiger charge is -2.22. The number of fused-ring (bicyclic) bond motifs is 1. The summed E-state index contributed by atoms with van der Waals surface area (Å²) in [5, 5.41) is 27.8. The van der Waals surface area contributed by atoms with E-state index in [0.717, 1.165) is 29.0 Å². The Bertz CT molecular complexity index is 1520. The highest BCUT2D eigenvalue weighted by Crippen LogP contribution is 2.34. The summed E-state index contributed by atoms with van der Waals surface area (Å²) in [5.41, 5.74) is 14.8. The lowest BCUT2D eigenvalue weighted by Crippen LogP contribution is -2.27. The molecule has 0 saturated carbocycles. The normalized spacial score (nSPS) is 12.4. The molecule has 0 aromatic heterocycles. The van der Waals surface area contributed by atoms with Crippen LogP contribution in [0.5, 0.6) is 0 Å². The molecule has 3 aromatic carbocycles. The monoisotopic (exact) mass is 762 g/mol. The molecule has 0 saturated heterocycles. The third-order valence-electron chi connectivity index (χ3n) is 7.57. The number of rotatable bonds is 25. The highest BCUT2D eigenvalue weighted by atomic mass is 31.2. The maximum Gasteiger partial charge on any atom is 0.330 e. The van der Waals surface area contributed by atoms with Crippen molar-refractivity contribution in [2.75, 3.05) is 82.8 Å². The fourth-order valence-corrected chi connectivity index (χ4v) is 5.57. The van der Waals surface area contributed by atoms with E-state index < -0.39 is 19.6 Å². The molecule has 1 amide bonds. The van der Waals surface area contributed by atoms with Gasteiger partial charge >= 0.3 is 8.60 Å². The largest absolute Gasteiger partial charge is 0.399 e. The van der Waals surface area contributed by atoms with Crippen molar-refractivity contribution in [3.8, 4) is 0 Å². The molecule has 0 fully saturated rings. The van der Waals surface area contributed by atoms with E-state index in [9.17, 15) is 19.8 Å². The third-order valence-corrected chi connectivity index (χ3v) is 8.46. The lowest BCUT2D eigenvalue weighted by molar-refractivity contribution is -0.383. The van der Waals surface area contributed by atoms with Crippen LogP contribution in [0.2, 0.25) is 0 Å². The summed E-state index contributed by atoms with van der Waals surface area (Å²) in [7, 11) is -0.527. The van der Waals surface area contributed by atoms with Crippen molar-refractivity contribution in [3.05, 3.63) is 70.8 Å². The van der Waals surface area contributed by atoms with Crippen LogP contribution in [-0.2, 0) is 28.2 Å². The predicted molar refractivity (Wildman–Crippen MR) is 209 cm³/mol. The van der Waals surface area contributed by atoms with Gasteiger partial charge in [0, 0.05) is 68.3 Å². The van der Waals surface area contributed by atoms with Gasteiger partial charge in [0.1, 0.15) is 12.7 Å². The van der Waals surface area contributed by atoms with E-state index in [0.29, 0.717) is 69.5 Å². The van der Waals surface area contributed by atoms with Crippen molar-refractivity contribution < 1.29 is 43.1 Å². The van der Waals surface area contributed by atoms with E-state index >= 15 is 0 Å². The number of carbonyl (C=O) groups excluding carboxylic acids is 1. The number of non-ortho nitro benzene ring substituents is 1. The number of methoxy groups -OCH3 is 1. The number of ether oxygens (including phenoxy) is 2. The zero-order valence-electron chi connectivity index (χ0n) is 30.9. The molecule has 0 aliphatic carbocycles. The first-order chi connectivity index (χ1) is 25.6. The fourth-order valence-electron chi connectivity index (χ4n) is 4.84. The Labute approximate surface area is 312 Å². The van der Waals surface area contributed by atoms with Crippen LogP contribution in [0, 0.1) is 10.1 Å². The minimum atomic E-state index is -2.06. The van der Waals surface area contributed by atoms with Gasteiger partial charge in [-0.3, -0.25) is 14.9 Å². The number of nitrogen functional groups attached to an aromatic ring is 2. The number of nitro groups is 1. The van der Waals surface area contributed by atoms with E-state index in [1.54, 1.807) is 24.3 Å². The summed E-state index contributed by atoms with van der Waals surface area (Å²) in [6, 6.07) is 17.8. The highest BCUT2D eigenvalue weighted by Gasteiger charge is 2.17. The number of hydrogen-bond donors (Lipinski definition) is 5. The molecule has 53 heavy (non-hydrogen) atoms. The second-order valence-electron chi connectivity index (χ2n) is 11.8. The molecule has 17 heteroatoms. The van der Waals surface area contributed by atoms with Crippen molar-refractivity contribution >= 4 is 53.7 Å². The molecule has 0 heterocycles. The number of nitro benzene ring substituents is 1. The Balaban J connectivity index is 0.000000571. The van der Waals surface area contributed by atoms with Gasteiger partial charge in [0.05, 0.1) is 42.4 Å². The lowest BCUT2D eigenvalue weighted by atomic mass is 10.1. The summed E-state index contributed by atoms with van der Waals surface area (Å²) >= 11 is 0. The summed E-state index contributed by atoms with van der Waals surface area (Å²) in [6.45, 7) is 7.62. The van der Waals surface area contributed by atoms with Gasteiger partial charge < -0.3 is 55.0 Å². The quantitative estimate of drug-likeness (QED) is 0.0188. The van der Waals surface area contributed by atoms with Crippen LogP contribution in [-0.4, -0.2) is 99.0 Å². The van der Waals surface area contributed by atoms with Crippen molar-refractivity contribution in [1.82, 2.24) is 5.32 Å². The number of nitrogens with two attached hydrogens (primary N) is 2. The maximum absolute atomic E-state index is 12.1. The molecule has 2 atom stereocenters. The summed E-state index contributed by atoms with van der Waals surface area (Å²) in [6.07, 6.45) is 2.38. The average Bonchev–Trinajstić information content (AvgIpc) is 3.14. The number of hydrogen-bond acceptors (Lipinski definition) is 14. The molecule has 3 aromatic rings. The zero-order chi connectivity index (χ0) is 38.8. The first-order valence-electron chi connectivity index (χ1n) is 17.5. The highest BCUT2D eigenvalue weighted by molar-refractivity contribution is 7.40. The van der Waals surface area contributed by atoms with Crippen molar-refractivity contribution in [3.63, 3.8) is 0 Å². The van der Waals surface area contributed by atoms with Crippen LogP contribution in [0.15, 0.2) is 65.8 Å². The Morgan fingerprint density at radius 3 is 2.42 bits per heavy atom. The molecular weight excluding hydrogens is 707 g/mol. The SMILES string of the molecule is CCN(CCON=C(C)CCCC(=O)NCCCOCC(COC)OP(O)OCCCO)c1ccc(N)cc1.Nc1ccc([N+](=O)[O-])c2ccccc12. The number of aliphatic hydroxyl groups is 1. The van der Waals surface area contributed by atoms with Crippen LogP contribution in [0.25, 0.3) is 10.8 Å². The average molecular weight is 763 g/mol. The minimum Gasteiger partial charge on any atom is -0.399 e. The van der Waals surface area contributed by atoms with Crippen molar-refractivity contribution in [1.29, 1.82) is 0 Å². The number of nitrogens with one attached hydrogen (secondary N) is 1. The van der Waals surface area contributed by atoms with Gasteiger partial charge in [0.25, 0.3) is 5.69 Å². The number of benzene rings is 3. The van der Waals surface area contributed by atoms with Crippen LogP contribution in [0.4, 0.5) is 22.7 Å². The Morgan fingerprint density at radius 2 is 1.74 bits per heavy atom. The number of amides is 1. The Kier molecular flexibility index (Phi) is 22.6. The smallest absolute Gasteiger partial charge is 0.330 e. The maximum atomic E-state index is 12.1. The minimum absolute atomic E-state index is 0.0153. The van der Waals surface area contributed by atoms with Crippen LogP contribution in [0.3, 0.4) is 0 Å². The van der Waals surface area contributed by atoms with Crippen LogP contribution in [0.1, 0.15) is 46.0 Å². The second-order valence-corrected chi connectivity index (χ2v) is 12.7. The van der Waals surface area contributed by atoms with E-state index in [1.807, 2.05) is 37.3 Å². The van der Waals surface area contributed by atoms with E-state index in [2.05, 4.69) is 22.3 Å². The van der Waals surface area contributed by atoms with Crippen molar-refractivity contribution in [2.45, 2.75) is 52.1 Å². The predicted octanol–water partition coefficient (Wildman–Crippen LogP) is 5.16. The van der Waals surface area contributed by atoms with Gasteiger partial charge in [-0.2, -0.15) is 0 Å². The Hall–Kier alpha value is -4.15. The molecule has 0 spiro atoms. The van der Waals surface area contributed by atoms with Crippen LogP contribution >= 0.6 is 8.60 Å². The first kappa shape index (κ1) is 45.0. The van der Waals surface area contributed by atoms with Crippen LogP contribution < -0.4 is 21.7 Å². The van der Waals surface area contributed by atoms with Gasteiger partial charge in [-0.15, -0.1) is 0 Å². The molecule has 0 aliphatic heterocycles. The van der Waals surface area contributed by atoms with E-state index in [4.69, 9.17) is 39.9 Å². The van der Waals surface area contributed by atoms with Crippen molar-refractivity contribution in [2.24, 2.45) is 5.16 Å². The second kappa shape index (κ2) is 26.6. The molecule has 294 valence electrons. The topological polar surface area (TPSA) is 226 Å². The van der Waals surface area contributed by atoms with E-state index in [1.165, 1.54) is 13.2 Å². The number of oxime groups is 1. The van der Waals surface area contributed by atoms with E-state index in [-0.39, 0.29) is 38.0 Å². The number of likely N-dealkylation sites (N-methyl/N-ethyl adjacent to an activating group) is 1. The zero-order valence-corrected chi connectivity index (χ0v) is 31.7. The Morgan fingerprint density at radius 1 is 1.00 bits per heavy atom.